The molecule has 0 aliphatic carbocycles. The lowest BCUT2D eigenvalue weighted by atomic mass is 9.95. The van der Waals surface area contributed by atoms with Crippen molar-refractivity contribution >= 4 is 38.6 Å². The summed E-state index contributed by atoms with van der Waals surface area (Å²) in [5, 5.41) is 5.05. The van der Waals surface area contributed by atoms with Crippen LogP contribution in [0.25, 0.3) is 43.8 Å². The average molecular weight is 498 g/mol. The van der Waals surface area contributed by atoms with Crippen LogP contribution >= 0.6 is 0 Å². The van der Waals surface area contributed by atoms with Gasteiger partial charge in [0.25, 0.3) is 0 Å². The summed E-state index contributed by atoms with van der Waals surface area (Å²) >= 11 is 0. The lowest BCUT2D eigenvalue weighted by Crippen LogP contribution is -2.09. The van der Waals surface area contributed by atoms with E-state index in [0.29, 0.717) is 0 Å². The molecule has 0 heterocycles. The van der Waals surface area contributed by atoms with E-state index in [1.54, 1.807) is 0 Å². The number of fused-ring (bicyclic) bond motifs is 2. The predicted molar refractivity (Wildman–Crippen MR) is 167 cm³/mol. The van der Waals surface area contributed by atoms with Crippen molar-refractivity contribution in [1.29, 1.82) is 0 Å². The monoisotopic (exact) mass is 497 g/mol. The lowest BCUT2D eigenvalue weighted by molar-refractivity contribution is 1.28. The minimum atomic E-state index is 1.13. The number of nitrogens with zero attached hydrogens (tertiary/aromatic N) is 1. The van der Waals surface area contributed by atoms with Crippen LogP contribution in [0.15, 0.2) is 164 Å². The molecule has 184 valence electrons. The number of benzene rings is 7. The van der Waals surface area contributed by atoms with Crippen LogP contribution in [0.2, 0.25) is 0 Å². The van der Waals surface area contributed by atoms with Crippen LogP contribution in [0, 0.1) is 0 Å². The van der Waals surface area contributed by atoms with E-state index in [0.717, 1.165) is 17.1 Å². The van der Waals surface area contributed by atoms with E-state index >= 15 is 0 Å². The predicted octanol–water partition coefficient (Wildman–Crippen LogP) is 10.8. The maximum Gasteiger partial charge on any atom is 0.0462 e. The van der Waals surface area contributed by atoms with E-state index in [4.69, 9.17) is 0 Å². The molecule has 0 radical (unpaired) electrons. The van der Waals surface area contributed by atoms with Crippen molar-refractivity contribution in [2.24, 2.45) is 0 Å². The first-order valence-electron chi connectivity index (χ1n) is 13.4. The van der Waals surface area contributed by atoms with Crippen LogP contribution in [0.1, 0.15) is 0 Å². The molecule has 1 nitrogen and oxygen atoms in total. The summed E-state index contributed by atoms with van der Waals surface area (Å²) in [6.45, 7) is 0. The molecule has 0 N–H and O–H groups in total. The highest BCUT2D eigenvalue weighted by molar-refractivity contribution is 5.99. The summed E-state index contributed by atoms with van der Waals surface area (Å²) in [5.41, 5.74) is 8.36. The van der Waals surface area contributed by atoms with Crippen molar-refractivity contribution < 1.29 is 0 Å². The summed E-state index contributed by atoms with van der Waals surface area (Å²) in [5.74, 6) is 0. The Morgan fingerprint density at radius 2 is 0.846 bits per heavy atom. The Morgan fingerprint density at radius 3 is 1.56 bits per heavy atom. The van der Waals surface area contributed by atoms with Crippen molar-refractivity contribution in [3.05, 3.63) is 164 Å². The molecule has 0 aromatic heterocycles. The maximum atomic E-state index is 2.32. The third-order valence-electron chi connectivity index (χ3n) is 7.43. The second kappa shape index (κ2) is 9.96. The fraction of sp³-hybridized carbons (Fsp3) is 0. The zero-order chi connectivity index (χ0) is 26.0. The fourth-order valence-electron chi connectivity index (χ4n) is 5.48. The number of hydrogen-bond donors (Lipinski definition) is 0. The van der Waals surface area contributed by atoms with Gasteiger partial charge in [-0.05, 0) is 92.3 Å². The summed E-state index contributed by atoms with van der Waals surface area (Å²) in [6, 6.07) is 58.6. The Labute approximate surface area is 229 Å². The molecular weight excluding hydrogens is 470 g/mol. The molecule has 0 saturated heterocycles. The van der Waals surface area contributed by atoms with Crippen LogP contribution in [0.3, 0.4) is 0 Å². The van der Waals surface area contributed by atoms with Crippen molar-refractivity contribution in [1.82, 2.24) is 0 Å². The Balaban J connectivity index is 1.26. The van der Waals surface area contributed by atoms with Crippen LogP contribution in [-0.4, -0.2) is 0 Å². The smallest absolute Gasteiger partial charge is 0.0462 e. The topological polar surface area (TPSA) is 3.24 Å². The highest BCUT2D eigenvalue weighted by Crippen LogP contribution is 2.36. The molecule has 0 amide bonds. The van der Waals surface area contributed by atoms with E-state index in [1.165, 1.54) is 43.8 Å². The summed E-state index contributed by atoms with van der Waals surface area (Å²) in [7, 11) is 0. The minimum Gasteiger partial charge on any atom is -0.311 e. The molecule has 7 aromatic carbocycles. The normalized spacial score (nSPS) is 11.1. The van der Waals surface area contributed by atoms with Gasteiger partial charge in [0.05, 0.1) is 0 Å². The van der Waals surface area contributed by atoms with Crippen molar-refractivity contribution in [2.75, 3.05) is 4.90 Å². The molecular formula is C38H27N. The van der Waals surface area contributed by atoms with Crippen LogP contribution in [0.5, 0.6) is 0 Å². The van der Waals surface area contributed by atoms with Gasteiger partial charge in [0.2, 0.25) is 0 Å². The second-order valence-corrected chi connectivity index (χ2v) is 9.86. The first kappa shape index (κ1) is 23.0. The largest absolute Gasteiger partial charge is 0.311 e. The van der Waals surface area contributed by atoms with Gasteiger partial charge in [0.1, 0.15) is 0 Å². The number of para-hydroxylation sites is 2. The zero-order valence-electron chi connectivity index (χ0n) is 21.5. The summed E-state index contributed by atoms with van der Waals surface area (Å²) < 4.78 is 0. The molecule has 0 atom stereocenters. The Morgan fingerprint density at radius 1 is 0.308 bits per heavy atom. The van der Waals surface area contributed by atoms with E-state index in [2.05, 4.69) is 169 Å². The van der Waals surface area contributed by atoms with Gasteiger partial charge in [-0.15, -0.1) is 0 Å². The first-order chi connectivity index (χ1) is 19.3. The van der Waals surface area contributed by atoms with Gasteiger partial charge in [0.15, 0.2) is 0 Å². The molecule has 0 aliphatic heterocycles. The highest BCUT2D eigenvalue weighted by atomic mass is 15.1. The van der Waals surface area contributed by atoms with Crippen LogP contribution < -0.4 is 4.90 Å². The van der Waals surface area contributed by atoms with E-state index in [1.807, 2.05) is 0 Å². The molecule has 0 bridgehead atoms. The first-order valence-corrected chi connectivity index (χ1v) is 13.4. The zero-order valence-corrected chi connectivity index (χ0v) is 21.5. The third-order valence-corrected chi connectivity index (χ3v) is 7.43. The molecule has 0 aliphatic rings. The van der Waals surface area contributed by atoms with Crippen LogP contribution in [0.4, 0.5) is 17.1 Å². The standard InChI is InChI=1S/C38H27N/c1-3-12-34(13-4-1)39(35-14-5-2-6-15-35)36-24-22-28(23-25-36)31-20-18-29-19-21-32(27-33(29)26-31)38-17-9-11-30-10-7-8-16-37(30)38/h1-27H. The Hall–Kier alpha value is -5.14. The lowest BCUT2D eigenvalue weighted by Gasteiger charge is -2.25. The molecule has 0 saturated carbocycles. The Bertz CT molecular complexity index is 1840. The van der Waals surface area contributed by atoms with Gasteiger partial charge in [-0.2, -0.15) is 0 Å². The average Bonchev–Trinajstić information content (AvgIpc) is 3.02. The molecule has 39 heavy (non-hydrogen) atoms. The summed E-state index contributed by atoms with van der Waals surface area (Å²) in [6.07, 6.45) is 0. The van der Waals surface area contributed by atoms with Gasteiger partial charge in [-0.25, -0.2) is 0 Å². The highest BCUT2D eigenvalue weighted by Gasteiger charge is 2.12. The Kier molecular flexibility index (Phi) is 5.88. The number of hydrogen-bond acceptors (Lipinski definition) is 1. The van der Waals surface area contributed by atoms with Gasteiger partial charge in [-0.1, -0.05) is 115 Å². The van der Waals surface area contributed by atoms with Crippen LogP contribution in [-0.2, 0) is 0 Å². The molecule has 7 rings (SSSR count). The molecule has 7 aromatic rings. The maximum absolute atomic E-state index is 2.32. The van der Waals surface area contributed by atoms with Gasteiger partial charge in [0, 0.05) is 17.1 Å². The summed E-state index contributed by atoms with van der Waals surface area (Å²) in [4.78, 5) is 2.29. The second-order valence-electron chi connectivity index (χ2n) is 9.86. The van der Waals surface area contributed by atoms with Gasteiger partial charge in [-0.3, -0.25) is 0 Å². The number of rotatable bonds is 5. The SMILES string of the molecule is c1ccc(N(c2ccccc2)c2ccc(-c3ccc4ccc(-c5cccc6ccccc56)cc4c3)cc2)cc1. The van der Waals surface area contributed by atoms with E-state index in [9.17, 15) is 0 Å². The van der Waals surface area contributed by atoms with Crippen molar-refractivity contribution in [3.63, 3.8) is 0 Å². The van der Waals surface area contributed by atoms with Gasteiger partial charge >= 0.3 is 0 Å². The number of anilines is 3. The fourth-order valence-corrected chi connectivity index (χ4v) is 5.48. The van der Waals surface area contributed by atoms with E-state index in [-0.39, 0.29) is 0 Å². The molecule has 0 unspecified atom stereocenters. The molecule has 0 fully saturated rings. The molecule has 1 heteroatoms. The quantitative estimate of drug-likeness (QED) is 0.229. The van der Waals surface area contributed by atoms with Crippen molar-refractivity contribution in [2.45, 2.75) is 0 Å². The molecule has 0 spiro atoms. The third kappa shape index (κ3) is 4.45. The van der Waals surface area contributed by atoms with Crippen molar-refractivity contribution in [3.8, 4) is 22.3 Å². The minimum absolute atomic E-state index is 1.13. The van der Waals surface area contributed by atoms with Gasteiger partial charge < -0.3 is 4.90 Å². The van der Waals surface area contributed by atoms with E-state index < -0.39 is 0 Å².